The third-order valence-electron chi connectivity index (χ3n) is 4.15. The maximum atomic E-state index is 11.4. The van der Waals surface area contributed by atoms with Crippen molar-refractivity contribution >= 4 is 5.91 Å². The van der Waals surface area contributed by atoms with Gasteiger partial charge in [-0.1, -0.05) is 12.5 Å². The first-order valence-electron chi connectivity index (χ1n) is 6.58. The minimum atomic E-state index is -0.432. The van der Waals surface area contributed by atoms with Crippen molar-refractivity contribution in [3.05, 3.63) is 34.9 Å². The van der Waals surface area contributed by atoms with Gasteiger partial charge in [-0.2, -0.15) is 0 Å². The summed E-state index contributed by atoms with van der Waals surface area (Å²) in [7, 11) is 0. The van der Waals surface area contributed by atoms with Gasteiger partial charge in [0, 0.05) is 18.2 Å². The molecular weight excluding hydrogens is 228 g/mol. The molecule has 0 aromatic heterocycles. The fraction of sp³-hybridized carbons (Fsp3) is 0.500. The molecule has 0 spiro atoms. The zero-order valence-corrected chi connectivity index (χ0v) is 10.4. The van der Waals surface area contributed by atoms with E-state index in [0.29, 0.717) is 11.6 Å². The highest BCUT2D eigenvalue weighted by atomic mass is 16.5. The van der Waals surface area contributed by atoms with Crippen LogP contribution >= 0.6 is 0 Å². The molecule has 1 atom stereocenters. The summed E-state index contributed by atoms with van der Waals surface area (Å²) in [5, 5.41) is 8.67. The van der Waals surface area contributed by atoms with E-state index in [0.717, 1.165) is 13.0 Å². The lowest BCUT2D eigenvalue weighted by molar-refractivity contribution is 0.0705. The lowest BCUT2D eigenvalue weighted by atomic mass is 9.88. The Bertz CT molecular complexity index is 473. The summed E-state index contributed by atoms with van der Waals surface area (Å²) < 4.78 is 0. The smallest absolute Gasteiger partial charge is 0.274 e. The van der Waals surface area contributed by atoms with Crippen LogP contribution in [-0.2, 0) is 13.0 Å². The fourth-order valence-corrected chi connectivity index (χ4v) is 3.15. The Hall–Kier alpha value is -1.39. The average molecular weight is 246 g/mol. The van der Waals surface area contributed by atoms with Crippen molar-refractivity contribution in [1.29, 1.82) is 0 Å². The molecule has 0 bridgehead atoms. The molecule has 2 heterocycles. The van der Waals surface area contributed by atoms with Crippen LogP contribution in [0.1, 0.15) is 40.7 Å². The zero-order chi connectivity index (χ0) is 12.5. The first-order valence-corrected chi connectivity index (χ1v) is 6.58. The number of carbonyl (C=O) groups excluding carboxylic acids is 1. The predicted octanol–water partition coefficient (Wildman–Crippen LogP) is 1.72. The Morgan fingerprint density at radius 1 is 1.33 bits per heavy atom. The van der Waals surface area contributed by atoms with Crippen molar-refractivity contribution in [2.75, 3.05) is 6.54 Å². The van der Waals surface area contributed by atoms with E-state index >= 15 is 0 Å². The summed E-state index contributed by atoms with van der Waals surface area (Å²) in [5.41, 5.74) is 4.81. The molecule has 1 amide bonds. The molecule has 4 heteroatoms. The molecule has 0 unspecified atom stereocenters. The van der Waals surface area contributed by atoms with Crippen molar-refractivity contribution in [3.63, 3.8) is 0 Å². The monoisotopic (exact) mass is 246 g/mol. The molecule has 3 rings (SSSR count). The molecule has 2 aliphatic rings. The van der Waals surface area contributed by atoms with E-state index in [1.807, 2.05) is 12.1 Å². The Kier molecular flexibility index (Phi) is 3.06. The topological polar surface area (TPSA) is 52.6 Å². The Morgan fingerprint density at radius 2 is 2.22 bits per heavy atom. The van der Waals surface area contributed by atoms with Crippen molar-refractivity contribution in [2.24, 2.45) is 0 Å². The average Bonchev–Trinajstić information content (AvgIpc) is 2.43. The van der Waals surface area contributed by atoms with Gasteiger partial charge in [-0.15, -0.1) is 0 Å². The molecule has 1 saturated heterocycles. The lowest BCUT2D eigenvalue weighted by Crippen LogP contribution is -2.43. The Morgan fingerprint density at radius 3 is 3.06 bits per heavy atom. The number of rotatable bonds is 1. The highest BCUT2D eigenvalue weighted by Crippen LogP contribution is 2.29. The summed E-state index contributed by atoms with van der Waals surface area (Å²) >= 11 is 0. The second kappa shape index (κ2) is 4.71. The van der Waals surface area contributed by atoms with Crippen LogP contribution in [0.4, 0.5) is 0 Å². The highest BCUT2D eigenvalue weighted by Gasteiger charge is 2.28. The second-order valence-electron chi connectivity index (χ2n) is 5.25. The van der Waals surface area contributed by atoms with Crippen LogP contribution in [0.2, 0.25) is 0 Å². The van der Waals surface area contributed by atoms with Gasteiger partial charge in [-0.25, -0.2) is 5.48 Å². The first-order chi connectivity index (χ1) is 8.78. The molecule has 1 aromatic carbocycles. The van der Waals surface area contributed by atoms with Gasteiger partial charge >= 0.3 is 0 Å². The predicted molar refractivity (Wildman–Crippen MR) is 67.4 cm³/mol. The number of hydrogen-bond acceptors (Lipinski definition) is 3. The minimum Gasteiger partial charge on any atom is -0.296 e. The quantitative estimate of drug-likeness (QED) is 0.586. The first kappa shape index (κ1) is 11.7. The van der Waals surface area contributed by atoms with Gasteiger partial charge in [0.25, 0.3) is 5.91 Å². The lowest BCUT2D eigenvalue weighted by Gasteiger charge is -2.40. The normalized spacial score (nSPS) is 23.1. The molecule has 0 saturated carbocycles. The maximum absolute atomic E-state index is 11.4. The number of piperidine rings is 1. The van der Waals surface area contributed by atoms with Crippen molar-refractivity contribution in [2.45, 2.75) is 38.3 Å². The largest absolute Gasteiger partial charge is 0.296 e. The SMILES string of the molecule is O=C(NO)c1ccc2c(c1)CN1CCCC[C@@H]1C2. The van der Waals surface area contributed by atoms with Crippen LogP contribution < -0.4 is 5.48 Å². The second-order valence-corrected chi connectivity index (χ2v) is 5.25. The van der Waals surface area contributed by atoms with Crippen molar-refractivity contribution in [3.8, 4) is 0 Å². The molecule has 0 aliphatic carbocycles. The van der Waals surface area contributed by atoms with Crippen molar-refractivity contribution in [1.82, 2.24) is 10.4 Å². The van der Waals surface area contributed by atoms with E-state index in [4.69, 9.17) is 5.21 Å². The van der Waals surface area contributed by atoms with E-state index in [2.05, 4.69) is 4.90 Å². The number of nitrogens with one attached hydrogen (secondary N) is 1. The van der Waals surface area contributed by atoms with Crippen LogP contribution in [0.25, 0.3) is 0 Å². The number of fused-ring (bicyclic) bond motifs is 2. The van der Waals surface area contributed by atoms with Crippen molar-refractivity contribution < 1.29 is 10.0 Å². The number of nitrogens with zero attached hydrogens (tertiary/aromatic N) is 1. The fourth-order valence-electron chi connectivity index (χ4n) is 3.15. The van der Waals surface area contributed by atoms with Gasteiger partial charge in [0.2, 0.25) is 0 Å². The number of hydroxylamine groups is 1. The number of amides is 1. The van der Waals surface area contributed by atoms with Gasteiger partial charge < -0.3 is 0 Å². The third kappa shape index (κ3) is 2.02. The van der Waals surface area contributed by atoms with Crippen LogP contribution in [0.15, 0.2) is 18.2 Å². The molecule has 4 nitrogen and oxygen atoms in total. The van der Waals surface area contributed by atoms with Gasteiger partial charge in [0.05, 0.1) is 0 Å². The molecule has 2 aliphatic heterocycles. The number of benzene rings is 1. The molecule has 1 aromatic rings. The van der Waals surface area contributed by atoms with Crippen LogP contribution in [0.3, 0.4) is 0 Å². The van der Waals surface area contributed by atoms with Gasteiger partial charge in [0.1, 0.15) is 0 Å². The highest BCUT2D eigenvalue weighted by molar-refractivity contribution is 5.93. The van der Waals surface area contributed by atoms with Gasteiger partial charge in [-0.05, 0) is 49.1 Å². The van der Waals surface area contributed by atoms with E-state index in [-0.39, 0.29) is 0 Å². The zero-order valence-electron chi connectivity index (χ0n) is 10.4. The molecular formula is C14H18N2O2. The summed E-state index contributed by atoms with van der Waals surface area (Å²) in [4.78, 5) is 13.9. The summed E-state index contributed by atoms with van der Waals surface area (Å²) in [6.07, 6.45) is 5.00. The van der Waals surface area contributed by atoms with E-state index in [1.165, 1.54) is 36.9 Å². The van der Waals surface area contributed by atoms with E-state index in [9.17, 15) is 4.79 Å². The molecule has 2 N–H and O–H groups in total. The maximum Gasteiger partial charge on any atom is 0.274 e. The molecule has 96 valence electrons. The van der Waals surface area contributed by atoms with Crippen LogP contribution in [-0.4, -0.2) is 28.6 Å². The van der Waals surface area contributed by atoms with Crippen LogP contribution in [0, 0.1) is 0 Å². The molecule has 0 radical (unpaired) electrons. The summed E-state index contributed by atoms with van der Waals surface area (Å²) in [6.45, 7) is 2.10. The van der Waals surface area contributed by atoms with E-state index in [1.54, 1.807) is 11.5 Å². The van der Waals surface area contributed by atoms with Crippen LogP contribution in [0.5, 0.6) is 0 Å². The van der Waals surface area contributed by atoms with Gasteiger partial charge in [0.15, 0.2) is 0 Å². The molecule has 18 heavy (non-hydrogen) atoms. The Labute approximate surface area is 107 Å². The summed E-state index contributed by atoms with van der Waals surface area (Å²) in [6, 6.07) is 6.42. The van der Waals surface area contributed by atoms with E-state index < -0.39 is 5.91 Å². The minimum absolute atomic E-state index is 0.432. The third-order valence-corrected chi connectivity index (χ3v) is 4.15. The number of hydrogen-bond donors (Lipinski definition) is 2. The standard InChI is InChI=1S/C14H18N2O2/c17-14(15-18)11-5-4-10-8-13-3-1-2-6-16(13)9-12(10)7-11/h4-5,7,13,18H,1-3,6,8-9H2,(H,15,17)/t13-/m1/s1. The Balaban J connectivity index is 1.88. The number of carbonyl (C=O) groups is 1. The van der Waals surface area contributed by atoms with Gasteiger partial charge in [-0.3, -0.25) is 14.9 Å². The summed E-state index contributed by atoms with van der Waals surface area (Å²) in [5.74, 6) is -0.432. The molecule has 1 fully saturated rings.